The molecule has 0 unspecified atom stereocenters. The Morgan fingerprint density at radius 3 is 1.60 bits per heavy atom. The third kappa shape index (κ3) is 24.1. The molecule has 0 radical (unpaired) electrons. The maximum Gasteiger partial charge on any atom is 0.305 e. The van der Waals surface area contributed by atoms with Crippen molar-refractivity contribution in [3.63, 3.8) is 0 Å². The number of carbonyl (C=O) groups excluding carboxylic acids is 14. The number of nitrogens with zero attached hydrogens (tertiary/aromatic N) is 4. The van der Waals surface area contributed by atoms with E-state index in [1.165, 1.54) is 4.90 Å². The van der Waals surface area contributed by atoms with Crippen LogP contribution in [0.1, 0.15) is 110 Å². The summed E-state index contributed by atoms with van der Waals surface area (Å²) in [6.45, 7) is 1.40. The molecule has 2 bridgehead atoms. The summed E-state index contributed by atoms with van der Waals surface area (Å²) in [6, 6.07) is -12.4. The number of rotatable bonds is 17. The van der Waals surface area contributed by atoms with Crippen LogP contribution in [0.5, 0.6) is 0 Å². The smallest absolute Gasteiger partial charge is 0.305 e. The first kappa shape index (κ1) is 83.0. The van der Waals surface area contributed by atoms with E-state index in [-0.39, 0.29) is 109 Å². The zero-order chi connectivity index (χ0) is 75.6. The summed E-state index contributed by atoms with van der Waals surface area (Å²) in [5.74, 6) is -17.5. The lowest BCUT2D eigenvalue weighted by molar-refractivity contribution is -0.148. The Labute approximate surface area is 602 Å². The van der Waals surface area contributed by atoms with Gasteiger partial charge in [-0.3, -0.25) is 76.9 Å². The second-order valence-corrected chi connectivity index (χ2v) is 28.4. The molecule has 6 rings (SSSR count). The monoisotopic (exact) mass is 1490 g/mol. The van der Waals surface area contributed by atoms with E-state index in [1.807, 2.05) is 0 Å². The van der Waals surface area contributed by atoms with E-state index in [0.29, 0.717) is 18.4 Å². The number of unbranched alkanes of at least 4 members (excludes halogenated alkanes) is 1. The van der Waals surface area contributed by atoms with Crippen LogP contribution in [0.3, 0.4) is 0 Å². The summed E-state index contributed by atoms with van der Waals surface area (Å²) in [5.41, 5.74) is 17.4. The van der Waals surface area contributed by atoms with Crippen molar-refractivity contribution in [2.45, 2.75) is 195 Å². The van der Waals surface area contributed by atoms with Crippen LogP contribution in [0.25, 0.3) is 0 Å². The molecule has 0 aromatic heterocycles. The summed E-state index contributed by atoms with van der Waals surface area (Å²) in [4.78, 5) is 223. The minimum Gasteiger partial charge on any atom is -0.481 e. The van der Waals surface area contributed by atoms with Gasteiger partial charge >= 0.3 is 5.97 Å². The number of carboxylic acids is 1. The molecule has 103 heavy (non-hydrogen) atoms. The average molecular weight is 1490 g/mol. The molecule has 1 aromatic rings. The Bertz CT molecular complexity index is 3250. The van der Waals surface area contributed by atoms with Crippen molar-refractivity contribution >= 4 is 116 Å². The van der Waals surface area contributed by atoms with Gasteiger partial charge in [0.1, 0.15) is 78.5 Å². The van der Waals surface area contributed by atoms with Crippen molar-refractivity contribution in [2.75, 3.05) is 64.0 Å². The van der Waals surface area contributed by atoms with Crippen molar-refractivity contribution in [3.8, 4) is 0 Å². The van der Waals surface area contributed by atoms with Gasteiger partial charge in [-0.15, -0.1) is 0 Å². The van der Waals surface area contributed by atoms with Gasteiger partial charge < -0.3 is 111 Å². The predicted molar refractivity (Wildman–Crippen MR) is 372 cm³/mol. The standard InChI is InChI=1S/C64H98N18O19S2/c1-4-33(2)49-59(97)77-42-31-102-103-32-43(76-52(90)36(17-10-22-68-64(66)67)70-47(86)28-69-51(89)38(27-48(87)88)72-57(95)44-18-11-23-80(44)61(99)39(73-55(42)93)26-35-14-6-5-7-15-35)56(94)79-50(34(3)85)60(98)71-37(16-8-9-21-65)53(91)74-40(29-83)54(92)75-41(30-84)62(100)82-25-13-20-46(82)63(101)81-24-12-19-45(81)58(96)78-49/h5-7,14-15,33-34,36-46,49-50,83-85H,4,8-13,16-32,65H2,1-3H3,(H,69,89)(H,70,86)(H,71,98)(H,72,95)(H,73,93)(H,74,91)(H,75,92)(H,76,90)(H,77,97)(H,78,96)(H,79,94)(H,87,88)(H4,66,67,68)/t33-,34+,36-,37-,38-,39-,40-,41-,42-,43-,44-,45-,46-,49-,50-/m0/s1. The lowest BCUT2D eigenvalue weighted by Crippen LogP contribution is -2.62. The van der Waals surface area contributed by atoms with E-state index in [4.69, 9.17) is 17.2 Å². The normalized spacial score (nSPS) is 28.5. The van der Waals surface area contributed by atoms with Crippen molar-refractivity contribution < 1.29 is 92.3 Å². The molecule has 5 aliphatic rings. The summed E-state index contributed by atoms with van der Waals surface area (Å²) < 4.78 is 0. The molecule has 0 aliphatic carbocycles. The molecular formula is C64H98N18O19S2. The van der Waals surface area contributed by atoms with Crippen LogP contribution in [-0.2, 0) is 78.3 Å². The van der Waals surface area contributed by atoms with Gasteiger partial charge in [0.25, 0.3) is 0 Å². The molecule has 0 spiro atoms. The lowest BCUT2D eigenvalue weighted by atomic mass is 9.97. The number of amides is 14. The van der Waals surface area contributed by atoms with Gasteiger partial charge in [-0.1, -0.05) is 72.2 Å². The van der Waals surface area contributed by atoms with E-state index in [0.717, 1.165) is 38.3 Å². The van der Waals surface area contributed by atoms with Gasteiger partial charge in [0, 0.05) is 44.1 Å². The van der Waals surface area contributed by atoms with Crippen molar-refractivity contribution in [1.82, 2.24) is 73.2 Å². The highest BCUT2D eigenvalue weighted by Gasteiger charge is 2.46. The average Bonchev–Trinajstić information content (AvgIpc) is 1.71. The van der Waals surface area contributed by atoms with Crippen LogP contribution in [0.15, 0.2) is 35.3 Å². The zero-order valence-corrected chi connectivity index (χ0v) is 59.4. The molecule has 0 saturated carbocycles. The molecule has 39 heteroatoms. The number of carboxylic acid groups (broad SMARTS) is 1. The van der Waals surface area contributed by atoms with Crippen molar-refractivity contribution in [2.24, 2.45) is 28.1 Å². The van der Waals surface area contributed by atoms with E-state index >= 15 is 14.4 Å². The highest BCUT2D eigenvalue weighted by atomic mass is 33.1. The Balaban J connectivity index is 1.49. The summed E-state index contributed by atoms with van der Waals surface area (Å²) in [7, 11) is 1.67. The quantitative estimate of drug-likeness (QED) is 0.0298. The number of benzene rings is 1. The SMILES string of the molecule is CC[C@H](C)[C@@H]1NC(=O)[C@@H]2CCCN2C(=O)[C@@H]2CCCN2C(=O)[C@H](CO)NC(=O)[C@H](CO)NC(=O)[C@H](CCCCN)NC(=O)[C@H]([C@@H](C)O)NC(=O)[C@@H]2CSSC[C@H](NC1=O)C(=O)N[C@@H](Cc1ccccc1)C(=O)N1CCC[C@H]1C(=O)N[C@@H](CC(=O)O)C(=O)NCC(=O)N[C@@H](CCCN=C(N)N)C(=O)N2. The van der Waals surface area contributed by atoms with Gasteiger partial charge in [0.2, 0.25) is 82.7 Å². The minimum atomic E-state index is -1.97. The number of carbonyl (C=O) groups is 15. The van der Waals surface area contributed by atoms with Gasteiger partial charge in [-0.25, -0.2) is 0 Å². The fourth-order valence-electron chi connectivity index (χ4n) is 12.5. The van der Waals surface area contributed by atoms with E-state index in [9.17, 15) is 78.0 Å². The first-order chi connectivity index (χ1) is 49.1. The number of aliphatic carboxylic acids is 1. The first-order valence-corrected chi connectivity index (χ1v) is 37.0. The van der Waals surface area contributed by atoms with E-state index < -0.39 is 217 Å². The number of aliphatic hydroxyl groups excluding tert-OH is 3. The Morgan fingerprint density at radius 2 is 1.02 bits per heavy atom. The highest BCUT2D eigenvalue weighted by Crippen LogP contribution is 2.28. The zero-order valence-electron chi connectivity index (χ0n) is 57.8. The number of hydrogen-bond acceptors (Lipinski definition) is 22. The van der Waals surface area contributed by atoms with Crippen LogP contribution in [-0.4, -0.2) is 278 Å². The summed E-state index contributed by atoms with van der Waals surface area (Å²) >= 11 is 0. The molecule has 5 fully saturated rings. The van der Waals surface area contributed by atoms with Crippen LogP contribution in [0.4, 0.5) is 0 Å². The lowest BCUT2D eigenvalue weighted by Gasteiger charge is -2.34. The minimum absolute atomic E-state index is 0.0138. The molecule has 37 nitrogen and oxygen atoms in total. The molecule has 21 N–H and O–H groups in total. The second-order valence-electron chi connectivity index (χ2n) is 25.9. The summed E-state index contributed by atoms with van der Waals surface area (Å²) in [6.07, 6.45) is -1.74. The fraction of sp³-hybridized carbons (Fsp3) is 0.656. The van der Waals surface area contributed by atoms with Crippen LogP contribution < -0.4 is 75.7 Å². The van der Waals surface area contributed by atoms with Gasteiger partial charge in [0.15, 0.2) is 5.96 Å². The molecule has 5 heterocycles. The topological polar surface area (TPSA) is 569 Å². The number of nitrogens with two attached hydrogens (primary N) is 3. The maximum absolute atomic E-state index is 15.3. The third-order valence-corrected chi connectivity index (χ3v) is 20.7. The van der Waals surface area contributed by atoms with E-state index in [1.54, 1.807) is 44.2 Å². The first-order valence-electron chi connectivity index (χ1n) is 34.5. The number of guanidine groups is 1. The van der Waals surface area contributed by atoms with Crippen molar-refractivity contribution in [3.05, 3.63) is 35.9 Å². The number of hydrogen-bond donors (Lipinski definition) is 18. The molecular weight excluding hydrogens is 1390 g/mol. The van der Waals surface area contributed by atoms with Gasteiger partial charge in [-0.05, 0) is 95.6 Å². The summed E-state index contributed by atoms with van der Waals surface area (Å²) in [5, 5.41) is 69.7. The number of fused-ring (bicyclic) bond motifs is 8. The Kier molecular flexibility index (Phi) is 32.9. The number of aliphatic imine (C=N–C) groups is 1. The maximum atomic E-state index is 15.3. The van der Waals surface area contributed by atoms with Crippen LogP contribution in [0, 0.1) is 5.92 Å². The third-order valence-electron chi connectivity index (χ3n) is 18.3. The number of nitrogens with one attached hydrogen (secondary N) is 11. The molecule has 5 aliphatic heterocycles. The highest BCUT2D eigenvalue weighted by molar-refractivity contribution is 8.76. The molecule has 570 valence electrons. The number of aliphatic hydroxyl groups is 3. The van der Waals surface area contributed by atoms with E-state index in [2.05, 4.69) is 63.5 Å². The Hall–Kier alpha value is -8.92. The van der Waals surface area contributed by atoms with Crippen LogP contribution in [0.2, 0.25) is 0 Å². The van der Waals surface area contributed by atoms with Gasteiger partial charge in [-0.2, -0.15) is 0 Å². The molecule has 5 saturated heterocycles. The molecule has 1 aromatic carbocycles. The predicted octanol–water partition coefficient (Wildman–Crippen LogP) is -7.36. The largest absolute Gasteiger partial charge is 0.481 e. The fourth-order valence-corrected chi connectivity index (χ4v) is 14.8. The van der Waals surface area contributed by atoms with Crippen LogP contribution >= 0.6 is 21.6 Å². The van der Waals surface area contributed by atoms with Crippen molar-refractivity contribution in [1.29, 1.82) is 0 Å². The Morgan fingerprint density at radius 1 is 0.544 bits per heavy atom. The molecule has 14 amide bonds. The second kappa shape index (κ2) is 40.8. The van der Waals surface area contributed by atoms with Gasteiger partial charge in [0.05, 0.1) is 32.3 Å². The molecule has 15 atom stereocenters.